The van der Waals surface area contributed by atoms with Crippen LogP contribution in [-0.4, -0.2) is 22.2 Å². The summed E-state index contributed by atoms with van der Waals surface area (Å²) in [6, 6.07) is 7.21. The number of ketones is 1. The Kier molecular flexibility index (Phi) is 3.87. The predicted octanol–water partition coefficient (Wildman–Crippen LogP) is 2.72. The second-order valence-corrected chi connectivity index (χ2v) is 4.85. The van der Waals surface area contributed by atoms with Crippen LogP contribution in [-0.2, 0) is 4.79 Å². The number of carboxylic acid groups (broad SMARTS) is 1. The molecule has 94 valence electrons. The maximum Gasteiger partial charge on any atom is 0.306 e. The molecule has 0 amide bonds. The molecular formula is C14H14O3S. The monoisotopic (exact) mass is 262 g/mol. The molecular weight excluding hydrogens is 248 g/mol. The second-order valence-electron chi connectivity index (χ2n) is 4.61. The van der Waals surface area contributed by atoms with Crippen molar-refractivity contribution in [3.8, 4) is 0 Å². The highest BCUT2D eigenvalue weighted by Crippen LogP contribution is 2.33. The molecule has 0 aliphatic heterocycles. The minimum Gasteiger partial charge on any atom is -0.481 e. The maximum absolute atomic E-state index is 12.3. The number of rotatable bonds is 4. The van der Waals surface area contributed by atoms with Crippen molar-refractivity contribution in [2.45, 2.75) is 19.3 Å². The average Bonchev–Trinajstić information content (AvgIpc) is 2.87. The zero-order valence-corrected chi connectivity index (χ0v) is 10.7. The Morgan fingerprint density at radius 2 is 1.89 bits per heavy atom. The largest absolute Gasteiger partial charge is 0.481 e. The third-order valence-corrected chi connectivity index (χ3v) is 3.76. The molecule has 0 unspecified atom stereocenters. The van der Waals surface area contributed by atoms with E-state index >= 15 is 0 Å². The van der Waals surface area contributed by atoms with Gasteiger partial charge in [0.1, 0.15) is 0 Å². The van der Waals surface area contributed by atoms with Crippen molar-refractivity contribution in [2.75, 3.05) is 0 Å². The van der Waals surface area contributed by atoms with Crippen molar-refractivity contribution in [1.29, 1.82) is 0 Å². The van der Waals surface area contributed by atoms with Gasteiger partial charge in [-0.3, -0.25) is 9.59 Å². The molecule has 4 heteroatoms. The lowest BCUT2D eigenvalue weighted by molar-refractivity contribution is -0.141. The van der Waals surface area contributed by atoms with E-state index in [9.17, 15) is 9.59 Å². The molecule has 0 bridgehead atoms. The standard InChI is InChI=1S/C14H14O3S/c15-13(9-5-6-10(7-9)14(16)17)12-4-2-1-3-11(12)8-18/h1-4,8-10H,5-7H2,(H,16,17)/t9-,10+/m0/s1. The topological polar surface area (TPSA) is 54.4 Å². The highest BCUT2D eigenvalue weighted by molar-refractivity contribution is 7.79. The normalized spacial score (nSPS) is 22.7. The van der Waals surface area contributed by atoms with Crippen LogP contribution >= 0.6 is 12.2 Å². The fourth-order valence-corrected chi connectivity index (χ4v) is 2.69. The van der Waals surface area contributed by atoms with Gasteiger partial charge in [0.15, 0.2) is 5.78 Å². The van der Waals surface area contributed by atoms with E-state index < -0.39 is 5.97 Å². The molecule has 1 aliphatic carbocycles. The first-order valence-electron chi connectivity index (χ1n) is 5.94. The molecule has 1 saturated carbocycles. The van der Waals surface area contributed by atoms with Crippen molar-refractivity contribution in [3.05, 3.63) is 35.4 Å². The molecule has 1 aliphatic rings. The minimum absolute atomic E-state index is 0.0236. The quantitative estimate of drug-likeness (QED) is 0.669. The smallest absolute Gasteiger partial charge is 0.306 e. The van der Waals surface area contributed by atoms with Gasteiger partial charge in [-0.15, -0.1) is 0 Å². The lowest BCUT2D eigenvalue weighted by atomic mass is 9.92. The van der Waals surface area contributed by atoms with Crippen LogP contribution in [0, 0.1) is 11.8 Å². The summed E-state index contributed by atoms with van der Waals surface area (Å²) in [5.41, 5.74) is 1.36. The summed E-state index contributed by atoms with van der Waals surface area (Å²) in [6.07, 6.45) is 1.69. The molecule has 3 nitrogen and oxygen atoms in total. The number of carbonyl (C=O) groups is 2. The highest BCUT2D eigenvalue weighted by Gasteiger charge is 2.34. The SMILES string of the molecule is O=C(O)[C@@H]1CC[C@H](C(=O)c2ccccc2C=S)C1. The lowest BCUT2D eigenvalue weighted by Crippen LogP contribution is -2.16. The average molecular weight is 262 g/mol. The van der Waals surface area contributed by atoms with Gasteiger partial charge in [0.2, 0.25) is 0 Å². The Bertz CT molecular complexity index is 496. The van der Waals surface area contributed by atoms with Gasteiger partial charge in [0.05, 0.1) is 5.92 Å². The fourth-order valence-electron chi connectivity index (χ4n) is 2.49. The van der Waals surface area contributed by atoms with Crippen molar-refractivity contribution in [3.63, 3.8) is 0 Å². The number of thiocarbonyl (C=S) groups is 1. The molecule has 2 rings (SSSR count). The molecule has 0 spiro atoms. The molecule has 0 saturated heterocycles. The molecule has 1 aromatic carbocycles. The van der Waals surface area contributed by atoms with Gasteiger partial charge in [-0.05, 0) is 24.8 Å². The fraction of sp³-hybridized carbons (Fsp3) is 0.357. The van der Waals surface area contributed by atoms with Crippen LogP contribution in [0.1, 0.15) is 35.2 Å². The van der Waals surface area contributed by atoms with Crippen molar-refractivity contribution >= 4 is 29.3 Å². The number of carbonyl (C=O) groups excluding carboxylic acids is 1. The Balaban J connectivity index is 2.18. The summed E-state index contributed by atoms with van der Waals surface area (Å²) in [7, 11) is 0. The third-order valence-electron chi connectivity index (χ3n) is 3.51. The van der Waals surface area contributed by atoms with Crippen molar-refractivity contribution < 1.29 is 14.7 Å². The first-order valence-corrected chi connectivity index (χ1v) is 6.42. The summed E-state index contributed by atoms with van der Waals surface area (Å²) >= 11 is 4.89. The van der Waals surface area contributed by atoms with Gasteiger partial charge in [-0.1, -0.05) is 36.5 Å². The molecule has 0 radical (unpaired) electrons. The first kappa shape index (κ1) is 12.9. The number of hydrogen-bond donors (Lipinski definition) is 1. The Hall–Kier alpha value is -1.55. The zero-order chi connectivity index (χ0) is 13.1. The third kappa shape index (κ3) is 2.48. The zero-order valence-electron chi connectivity index (χ0n) is 9.83. The second kappa shape index (κ2) is 5.40. The van der Waals surface area contributed by atoms with Crippen LogP contribution in [0.5, 0.6) is 0 Å². The van der Waals surface area contributed by atoms with Crippen LogP contribution in [0.3, 0.4) is 0 Å². The van der Waals surface area contributed by atoms with Gasteiger partial charge >= 0.3 is 5.97 Å². The van der Waals surface area contributed by atoms with Crippen LogP contribution in [0.25, 0.3) is 0 Å². The molecule has 1 aromatic rings. The maximum atomic E-state index is 12.3. The summed E-state index contributed by atoms with van der Waals surface area (Å²) < 4.78 is 0. The molecule has 18 heavy (non-hydrogen) atoms. The van der Waals surface area contributed by atoms with Gasteiger partial charge in [-0.2, -0.15) is 0 Å². The van der Waals surface area contributed by atoms with Gasteiger partial charge in [-0.25, -0.2) is 0 Å². The van der Waals surface area contributed by atoms with E-state index in [4.69, 9.17) is 17.3 Å². The number of hydrogen-bond acceptors (Lipinski definition) is 3. The van der Waals surface area contributed by atoms with Gasteiger partial charge < -0.3 is 5.11 Å². The lowest BCUT2D eigenvalue weighted by Gasteiger charge is -2.10. The number of aliphatic carboxylic acids is 1. The van der Waals surface area contributed by atoms with E-state index in [1.807, 2.05) is 12.1 Å². The summed E-state index contributed by atoms with van der Waals surface area (Å²) in [6.45, 7) is 0. The Labute approximate surface area is 111 Å². The van der Waals surface area contributed by atoms with Crippen LogP contribution in [0.4, 0.5) is 0 Å². The number of Topliss-reactive ketones (excluding diaryl/α,β-unsaturated/α-hetero) is 1. The van der Waals surface area contributed by atoms with Crippen molar-refractivity contribution in [1.82, 2.24) is 0 Å². The van der Waals surface area contributed by atoms with Crippen LogP contribution in [0.2, 0.25) is 0 Å². The first-order chi connectivity index (χ1) is 8.63. The van der Waals surface area contributed by atoms with E-state index in [1.165, 1.54) is 5.37 Å². The number of benzene rings is 1. The van der Waals surface area contributed by atoms with E-state index in [0.29, 0.717) is 24.8 Å². The van der Waals surface area contributed by atoms with E-state index in [-0.39, 0.29) is 17.6 Å². The Morgan fingerprint density at radius 3 is 2.50 bits per heavy atom. The van der Waals surface area contributed by atoms with Gasteiger partial charge in [0.25, 0.3) is 0 Å². The van der Waals surface area contributed by atoms with E-state index in [0.717, 1.165) is 5.56 Å². The van der Waals surface area contributed by atoms with E-state index in [2.05, 4.69) is 0 Å². The predicted molar refractivity (Wildman–Crippen MR) is 72.0 cm³/mol. The Morgan fingerprint density at radius 1 is 1.22 bits per heavy atom. The highest BCUT2D eigenvalue weighted by atomic mass is 32.1. The molecule has 1 fully saturated rings. The minimum atomic E-state index is -0.798. The summed E-state index contributed by atoms with van der Waals surface area (Å²) in [4.78, 5) is 23.2. The molecule has 0 heterocycles. The molecule has 1 N–H and O–H groups in total. The van der Waals surface area contributed by atoms with Crippen molar-refractivity contribution in [2.24, 2.45) is 11.8 Å². The molecule has 0 aromatic heterocycles. The van der Waals surface area contributed by atoms with E-state index in [1.54, 1.807) is 12.1 Å². The summed E-state index contributed by atoms with van der Waals surface area (Å²) in [5, 5.41) is 10.4. The number of carboxylic acids is 1. The van der Waals surface area contributed by atoms with Gasteiger partial charge in [0, 0.05) is 16.8 Å². The van der Waals surface area contributed by atoms with Crippen LogP contribution in [0.15, 0.2) is 24.3 Å². The van der Waals surface area contributed by atoms with Crippen LogP contribution < -0.4 is 0 Å². The molecule has 2 atom stereocenters. The summed E-state index contributed by atoms with van der Waals surface area (Å²) in [5.74, 6) is -1.33.